The van der Waals surface area contributed by atoms with Gasteiger partial charge in [-0.3, -0.25) is 19.7 Å². The lowest BCUT2D eigenvalue weighted by molar-refractivity contribution is -0.136. The number of hydrogen-bond acceptors (Lipinski definition) is 4. The fourth-order valence-electron chi connectivity index (χ4n) is 5.12. The Morgan fingerprint density at radius 3 is 2.55 bits per heavy atom. The highest BCUT2D eigenvalue weighted by atomic mass is 16.2. The van der Waals surface area contributed by atoms with Crippen LogP contribution in [0.25, 0.3) is 0 Å². The number of imide groups is 1. The monoisotopic (exact) mass is 417 g/mol. The second-order valence-electron chi connectivity index (χ2n) is 8.89. The Morgan fingerprint density at radius 1 is 0.968 bits per heavy atom. The first-order chi connectivity index (χ1) is 15.1. The first-order valence-electron chi connectivity index (χ1n) is 11.1. The standard InChI is InChI=1S/C25H27N3O3/c29-23-11-10-22(24(30)27-23)28-15-19-13-17(7-9-21(19)25(28)31)18-6-8-20(26-14-18)12-16-4-2-1-3-5-16/h1-5,7,9,13,18,20,22,26H,6,8,10-12,14-15H2,(H,27,29,30). The second kappa shape index (κ2) is 8.27. The molecule has 31 heavy (non-hydrogen) atoms. The number of nitrogens with zero attached hydrogens (tertiary/aromatic N) is 1. The summed E-state index contributed by atoms with van der Waals surface area (Å²) in [7, 11) is 0. The Hall–Kier alpha value is -2.99. The van der Waals surface area contributed by atoms with Crippen LogP contribution in [0.15, 0.2) is 48.5 Å². The summed E-state index contributed by atoms with van der Waals surface area (Å²) in [5.41, 5.74) is 4.28. The topological polar surface area (TPSA) is 78.5 Å². The largest absolute Gasteiger partial charge is 0.322 e. The van der Waals surface area contributed by atoms with Crippen LogP contribution >= 0.6 is 0 Å². The Kier molecular flexibility index (Phi) is 5.32. The number of rotatable bonds is 4. The molecule has 6 nitrogen and oxygen atoms in total. The van der Waals surface area contributed by atoms with Crippen molar-refractivity contribution < 1.29 is 14.4 Å². The van der Waals surface area contributed by atoms with Crippen LogP contribution in [0.5, 0.6) is 0 Å². The molecule has 3 amide bonds. The molecule has 2 fully saturated rings. The highest BCUT2D eigenvalue weighted by Crippen LogP contribution is 2.32. The molecule has 6 heteroatoms. The molecule has 3 heterocycles. The van der Waals surface area contributed by atoms with E-state index in [1.54, 1.807) is 4.90 Å². The van der Waals surface area contributed by atoms with Crippen LogP contribution in [0.2, 0.25) is 0 Å². The minimum Gasteiger partial charge on any atom is -0.322 e. The molecule has 3 aliphatic heterocycles. The van der Waals surface area contributed by atoms with Crippen LogP contribution < -0.4 is 10.6 Å². The molecule has 0 aliphatic carbocycles. The summed E-state index contributed by atoms with van der Waals surface area (Å²) in [6.45, 7) is 1.37. The Labute approximate surface area is 182 Å². The van der Waals surface area contributed by atoms with Crippen LogP contribution in [0, 0.1) is 0 Å². The van der Waals surface area contributed by atoms with Crippen molar-refractivity contribution in [2.75, 3.05) is 6.54 Å². The number of benzene rings is 2. The predicted octanol–water partition coefficient (Wildman–Crippen LogP) is 2.53. The highest BCUT2D eigenvalue weighted by molar-refractivity contribution is 6.05. The molecule has 0 aromatic heterocycles. The van der Waals surface area contributed by atoms with Gasteiger partial charge in [-0.05, 0) is 54.4 Å². The van der Waals surface area contributed by atoms with E-state index >= 15 is 0 Å². The summed E-state index contributed by atoms with van der Waals surface area (Å²) in [5.74, 6) is -0.306. The maximum Gasteiger partial charge on any atom is 0.255 e. The van der Waals surface area contributed by atoms with Crippen molar-refractivity contribution in [3.05, 3.63) is 70.8 Å². The Morgan fingerprint density at radius 2 is 1.81 bits per heavy atom. The van der Waals surface area contributed by atoms with E-state index in [0.717, 1.165) is 31.4 Å². The van der Waals surface area contributed by atoms with E-state index in [4.69, 9.17) is 0 Å². The number of hydrogen-bond donors (Lipinski definition) is 2. The smallest absolute Gasteiger partial charge is 0.255 e. The van der Waals surface area contributed by atoms with Gasteiger partial charge in [0.05, 0.1) is 0 Å². The SMILES string of the molecule is O=C1CCC(N2Cc3cc(C4CCC(Cc5ccccc5)NC4)ccc3C2=O)C(=O)N1. The molecule has 0 saturated carbocycles. The maximum atomic E-state index is 12.9. The minimum atomic E-state index is -0.559. The lowest BCUT2D eigenvalue weighted by atomic mass is 9.86. The van der Waals surface area contributed by atoms with Gasteiger partial charge in [-0.2, -0.15) is 0 Å². The third-order valence-corrected chi connectivity index (χ3v) is 6.86. The quantitative estimate of drug-likeness (QED) is 0.750. The average Bonchev–Trinajstić information content (AvgIpc) is 3.10. The molecule has 2 aromatic rings. The molecule has 160 valence electrons. The van der Waals surface area contributed by atoms with Crippen LogP contribution in [-0.2, 0) is 22.6 Å². The third-order valence-electron chi connectivity index (χ3n) is 6.86. The molecule has 3 atom stereocenters. The number of fused-ring (bicyclic) bond motifs is 1. The molecular formula is C25H27N3O3. The van der Waals surface area contributed by atoms with Gasteiger partial charge >= 0.3 is 0 Å². The van der Waals surface area contributed by atoms with E-state index in [1.807, 2.05) is 12.1 Å². The van der Waals surface area contributed by atoms with Gasteiger partial charge in [-0.1, -0.05) is 42.5 Å². The van der Waals surface area contributed by atoms with Crippen LogP contribution in [-0.4, -0.2) is 41.2 Å². The van der Waals surface area contributed by atoms with Crippen molar-refractivity contribution in [1.82, 2.24) is 15.5 Å². The van der Waals surface area contributed by atoms with E-state index in [1.165, 1.54) is 11.1 Å². The van der Waals surface area contributed by atoms with Crippen molar-refractivity contribution in [1.29, 1.82) is 0 Å². The van der Waals surface area contributed by atoms with Gasteiger partial charge in [0.1, 0.15) is 6.04 Å². The van der Waals surface area contributed by atoms with E-state index in [-0.39, 0.29) is 24.1 Å². The number of carbonyl (C=O) groups is 3. The molecule has 0 spiro atoms. The normalized spacial score (nSPS) is 26.0. The molecular weight excluding hydrogens is 390 g/mol. The zero-order chi connectivity index (χ0) is 21.4. The second-order valence-corrected chi connectivity index (χ2v) is 8.89. The van der Waals surface area contributed by atoms with Gasteiger partial charge in [0.2, 0.25) is 11.8 Å². The summed E-state index contributed by atoms with van der Waals surface area (Å²) in [4.78, 5) is 38.2. The van der Waals surface area contributed by atoms with Crippen LogP contribution in [0.1, 0.15) is 58.6 Å². The molecule has 5 rings (SSSR count). The first-order valence-corrected chi connectivity index (χ1v) is 11.1. The molecule has 0 radical (unpaired) electrons. The number of piperidine rings is 2. The molecule has 3 unspecified atom stereocenters. The average molecular weight is 418 g/mol. The van der Waals surface area contributed by atoms with Crippen molar-refractivity contribution >= 4 is 17.7 Å². The van der Waals surface area contributed by atoms with Crippen molar-refractivity contribution in [3.63, 3.8) is 0 Å². The minimum absolute atomic E-state index is 0.110. The van der Waals surface area contributed by atoms with Gasteiger partial charge < -0.3 is 10.2 Å². The molecule has 2 N–H and O–H groups in total. The van der Waals surface area contributed by atoms with Gasteiger partial charge in [0, 0.05) is 31.1 Å². The molecule has 2 aromatic carbocycles. The Bertz CT molecular complexity index is 1010. The van der Waals surface area contributed by atoms with Crippen LogP contribution in [0.4, 0.5) is 0 Å². The summed E-state index contributed by atoms with van der Waals surface area (Å²) in [6, 6.07) is 16.6. The highest BCUT2D eigenvalue weighted by Gasteiger charge is 2.39. The lowest BCUT2D eigenvalue weighted by Crippen LogP contribution is -2.52. The summed E-state index contributed by atoms with van der Waals surface area (Å²) < 4.78 is 0. The van der Waals surface area contributed by atoms with Crippen molar-refractivity contribution in [3.8, 4) is 0 Å². The van der Waals surface area contributed by atoms with E-state index in [0.29, 0.717) is 30.5 Å². The van der Waals surface area contributed by atoms with Crippen molar-refractivity contribution in [2.45, 2.75) is 56.7 Å². The predicted molar refractivity (Wildman–Crippen MR) is 116 cm³/mol. The number of carbonyl (C=O) groups excluding carboxylic acids is 3. The van der Waals surface area contributed by atoms with E-state index in [2.05, 4.69) is 47.0 Å². The summed E-state index contributed by atoms with van der Waals surface area (Å²) in [5, 5.41) is 6.06. The fourth-order valence-corrected chi connectivity index (χ4v) is 5.12. The maximum absolute atomic E-state index is 12.9. The summed E-state index contributed by atoms with van der Waals surface area (Å²) in [6.07, 6.45) is 3.96. The summed E-state index contributed by atoms with van der Waals surface area (Å²) >= 11 is 0. The fraction of sp³-hybridized carbons (Fsp3) is 0.400. The Balaban J connectivity index is 1.24. The number of amides is 3. The molecule has 3 aliphatic rings. The molecule has 2 saturated heterocycles. The first kappa shape index (κ1) is 19.9. The van der Waals surface area contributed by atoms with E-state index < -0.39 is 6.04 Å². The molecule has 0 bridgehead atoms. The third kappa shape index (κ3) is 4.00. The van der Waals surface area contributed by atoms with Gasteiger partial charge in [0.15, 0.2) is 0 Å². The lowest BCUT2D eigenvalue weighted by Gasteiger charge is -2.30. The van der Waals surface area contributed by atoms with Crippen molar-refractivity contribution in [2.24, 2.45) is 0 Å². The van der Waals surface area contributed by atoms with Crippen LogP contribution in [0.3, 0.4) is 0 Å². The zero-order valence-corrected chi connectivity index (χ0v) is 17.5. The van der Waals surface area contributed by atoms with Gasteiger partial charge in [-0.15, -0.1) is 0 Å². The zero-order valence-electron chi connectivity index (χ0n) is 17.5. The van der Waals surface area contributed by atoms with Gasteiger partial charge in [-0.25, -0.2) is 0 Å². The van der Waals surface area contributed by atoms with E-state index in [9.17, 15) is 14.4 Å². The van der Waals surface area contributed by atoms with Gasteiger partial charge in [0.25, 0.3) is 5.91 Å². The number of nitrogens with one attached hydrogen (secondary N) is 2.